The van der Waals surface area contributed by atoms with Gasteiger partial charge in [-0.1, -0.05) is 6.07 Å². The number of hydrogen-bond acceptors (Lipinski definition) is 9. The number of amides is 1. The van der Waals surface area contributed by atoms with Crippen molar-refractivity contribution < 1.29 is 17.9 Å². The van der Waals surface area contributed by atoms with Crippen molar-refractivity contribution in [2.45, 2.75) is 66.2 Å². The minimum Gasteiger partial charge on any atom is -0.444 e. The molecule has 0 radical (unpaired) electrons. The lowest BCUT2D eigenvalue weighted by Gasteiger charge is -2.31. The molecule has 0 saturated carbocycles. The first-order valence-electron chi connectivity index (χ1n) is 14.1. The molecule has 0 atom stereocenters. The maximum Gasteiger partial charge on any atom is 0.410 e. The topological polar surface area (TPSA) is 153 Å². The van der Waals surface area contributed by atoms with Crippen molar-refractivity contribution in [3.63, 3.8) is 0 Å². The lowest BCUT2D eigenvalue weighted by Crippen LogP contribution is -2.39. The summed E-state index contributed by atoms with van der Waals surface area (Å²) in [5.74, 6) is 0.319. The standard InChI is InChI=1S/C29H36N8O5S/c1-7-43(40,41)34-24-15-22(10-12-30-24)37-25-23(26(38)36(37)18(2)3)16-31-27(33-25)32-21-9-8-20-17-35(13-11-19(20)14-21)28(39)42-29(4,5)6/h8-10,12,14-16,18H,7,11,13,17H2,1-6H3,(H,30,34)(H,31,32,33). The number of pyridine rings is 1. The van der Waals surface area contributed by atoms with Crippen molar-refractivity contribution in [3.05, 3.63) is 64.2 Å². The van der Waals surface area contributed by atoms with Crippen LogP contribution in [0.15, 0.2) is 47.5 Å². The number of carbonyl (C=O) groups excluding carboxylic acids is 1. The highest BCUT2D eigenvalue weighted by atomic mass is 32.2. The van der Waals surface area contributed by atoms with E-state index in [9.17, 15) is 18.0 Å². The van der Waals surface area contributed by atoms with Crippen LogP contribution in [0.5, 0.6) is 0 Å². The summed E-state index contributed by atoms with van der Waals surface area (Å²) < 4.78 is 35.5. The van der Waals surface area contributed by atoms with Gasteiger partial charge >= 0.3 is 6.09 Å². The zero-order chi connectivity index (χ0) is 31.1. The lowest BCUT2D eigenvalue weighted by atomic mass is 9.99. The Hall–Kier alpha value is -4.46. The fourth-order valence-corrected chi connectivity index (χ4v) is 5.43. The Bertz CT molecular complexity index is 1860. The zero-order valence-electron chi connectivity index (χ0n) is 25.1. The average Bonchev–Trinajstić information content (AvgIpc) is 3.23. The van der Waals surface area contributed by atoms with Crippen LogP contribution in [0, 0.1) is 0 Å². The summed E-state index contributed by atoms with van der Waals surface area (Å²) >= 11 is 0. The first kappa shape index (κ1) is 30.0. The SMILES string of the molecule is CCS(=O)(=O)Nc1cc(-n2c3nc(Nc4ccc5c(c4)CCN(C(=O)OC(C)(C)C)C5)ncc3c(=O)n2C(C)C)ccn1. The van der Waals surface area contributed by atoms with Crippen LogP contribution >= 0.6 is 0 Å². The van der Waals surface area contributed by atoms with Crippen molar-refractivity contribution in [3.8, 4) is 5.69 Å². The largest absolute Gasteiger partial charge is 0.444 e. The number of anilines is 3. The van der Waals surface area contributed by atoms with Crippen LogP contribution in [0.25, 0.3) is 16.7 Å². The van der Waals surface area contributed by atoms with Crippen molar-refractivity contribution in [1.29, 1.82) is 0 Å². The summed E-state index contributed by atoms with van der Waals surface area (Å²) in [5, 5.41) is 3.56. The molecule has 0 spiro atoms. The van der Waals surface area contributed by atoms with Crippen LogP contribution in [-0.4, -0.2) is 61.6 Å². The fraction of sp³-hybridized carbons (Fsp3) is 0.414. The number of carbonyl (C=O) groups is 1. The molecular weight excluding hydrogens is 572 g/mol. The molecule has 4 aromatic rings. The molecule has 0 saturated heterocycles. The fourth-order valence-electron chi connectivity index (χ4n) is 4.85. The van der Waals surface area contributed by atoms with Gasteiger partial charge in [-0.15, -0.1) is 0 Å². The molecule has 14 heteroatoms. The van der Waals surface area contributed by atoms with Gasteiger partial charge in [0.25, 0.3) is 5.56 Å². The third-order valence-electron chi connectivity index (χ3n) is 6.87. The van der Waals surface area contributed by atoms with Crippen molar-refractivity contribution in [2.24, 2.45) is 0 Å². The number of rotatable bonds is 7. The predicted octanol–water partition coefficient (Wildman–Crippen LogP) is 4.36. The summed E-state index contributed by atoms with van der Waals surface area (Å²) in [4.78, 5) is 40.9. The van der Waals surface area contributed by atoms with Gasteiger partial charge in [-0.2, -0.15) is 4.98 Å². The molecule has 1 aliphatic heterocycles. The smallest absolute Gasteiger partial charge is 0.410 e. The van der Waals surface area contributed by atoms with Gasteiger partial charge < -0.3 is 15.0 Å². The predicted molar refractivity (Wildman–Crippen MR) is 164 cm³/mol. The highest BCUT2D eigenvalue weighted by Crippen LogP contribution is 2.26. The van der Waals surface area contributed by atoms with Crippen LogP contribution < -0.4 is 15.6 Å². The molecule has 0 aliphatic carbocycles. The Morgan fingerprint density at radius 2 is 1.88 bits per heavy atom. The van der Waals surface area contributed by atoms with E-state index in [4.69, 9.17) is 9.72 Å². The van der Waals surface area contributed by atoms with E-state index in [0.29, 0.717) is 36.2 Å². The van der Waals surface area contributed by atoms with Gasteiger partial charge in [-0.25, -0.2) is 32.5 Å². The van der Waals surface area contributed by atoms with Crippen LogP contribution in [-0.2, 0) is 27.7 Å². The molecule has 4 heterocycles. The van der Waals surface area contributed by atoms with E-state index < -0.39 is 15.6 Å². The van der Waals surface area contributed by atoms with E-state index in [1.165, 1.54) is 19.3 Å². The first-order chi connectivity index (χ1) is 20.2. The molecule has 1 amide bonds. The van der Waals surface area contributed by atoms with Gasteiger partial charge in [0, 0.05) is 43.3 Å². The Kier molecular flexibility index (Phi) is 7.90. The number of nitrogens with one attached hydrogen (secondary N) is 2. The molecule has 1 aliphatic rings. The van der Waals surface area contributed by atoms with Gasteiger partial charge in [0.1, 0.15) is 16.8 Å². The number of hydrogen-bond donors (Lipinski definition) is 2. The molecule has 2 N–H and O–H groups in total. The molecular formula is C29H36N8O5S. The van der Waals surface area contributed by atoms with Crippen LogP contribution in [0.3, 0.4) is 0 Å². The Balaban J connectivity index is 1.46. The molecule has 3 aromatic heterocycles. The Morgan fingerprint density at radius 1 is 1.12 bits per heavy atom. The quantitative estimate of drug-likeness (QED) is 0.312. The van der Waals surface area contributed by atoms with Crippen LogP contribution in [0.1, 0.15) is 58.7 Å². The van der Waals surface area contributed by atoms with Crippen molar-refractivity contribution >= 4 is 44.6 Å². The number of benzene rings is 1. The minimum atomic E-state index is -3.55. The lowest BCUT2D eigenvalue weighted by molar-refractivity contribution is 0.0224. The number of fused-ring (bicyclic) bond motifs is 2. The van der Waals surface area contributed by atoms with Gasteiger partial charge in [0.15, 0.2) is 5.65 Å². The second-order valence-electron chi connectivity index (χ2n) is 11.7. The summed E-state index contributed by atoms with van der Waals surface area (Å²) in [5.41, 5.74) is 2.95. The molecule has 0 fully saturated rings. The highest BCUT2D eigenvalue weighted by molar-refractivity contribution is 7.92. The van der Waals surface area contributed by atoms with E-state index >= 15 is 0 Å². The average molecular weight is 609 g/mol. The number of nitrogens with zero attached hydrogens (tertiary/aromatic N) is 6. The monoisotopic (exact) mass is 608 g/mol. The first-order valence-corrected chi connectivity index (χ1v) is 15.7. The second kappa shape index (κ2) is 11.3. The maximum absolute atomic E-state index is 13.4. The maximum atomic E-state index is 13.4. The second-order valence-corrected chi connectivity index (χ2v) is 13.7. The van der Waals surface area contributed by atoms with E-state index in [1.807, 2.05) is 52.8 Å². The molecule has 228 valence electrons. The third kappa shape index (κ3) is 6.48. The van der Waals surface area contributed by atoms with E-state index in [2.05, 4.69) is 20.0 Å². The number of ether oxygens (including phenoxy) is 1. The molecule has 0 unspecified atom stereocenters. The normalized spacial score (nSPS) is 13.7. The highest BCUT2D eigenvalue weighted by Gasteiger charge is 2.26. The van der Waals surface area contributed by atoms with Gasteiger partial charge in [0.05, 0.1) is 11.4 Å². The molecule has 1 aromatic carbocycles. The summed E-state index contributed by atoms with van der Waals surface area (Å²) in [7, 11) is -3.55. The molecule has 43 heavy (non-hydrogen) atoms. The van der Waals surface area contributed by atoms with Gasteiger partial charge in [-0.3, -0.25) is 9.52 Å². The van der Waals surface area contributed by atoms with Crippen molar-refractivity contribution in [1.82, 2.24) is 29.2 Å². The Labute approximate surface area is 249 Å². The van der Waals surface area contributed by atoms with Crippen molar-refractivity contribution in [2.75, 3.05) is 22.3 Å². The van der Waals surface area contributed by atoms with E-state index in [0.717, 1.165) is 16.8 Å². The summed E-state index contributed by atoms with van der Waals surface area (Å²) in [6.45, 7) is 11.9. The van der Waals surface area contributed by atoms with E-state index in [-0.39, 0.29) is 35.2 Å². The van der Waals surface area contributed by atoms with Gasteiger partial charge in [0.2, 0.25) is 16.0 Å². The Morgan fingerprint density at radius 3 is 2.58 bits per heavy atom. The third-order valence-corrected chi connectivity index (χ3v) is 8.15. The molecule has 13 nitrogen and oxygen atoms in total. The molecule has 0 bridgehead atoms. The number of sulfonamides is 1. The zero-order valence-corrected chi connectivity index (χ0v) is 25.9. The summed E-state index contributed by atoms with van der Waals surface area (Å²) in [6.07, 6.45) is 3.31. The van der Waals surface area contributed by atoms with E-state index in [1.54, 1.807) is 26.4 Å². The summed E-state index contributed by atoms with van der Waals surface area (Å²) in [6, 6.07) is 8.88. The van der Waals surface area contributed by atoms with Crippen LogP contribution in [0.2, 0.25) is 0 Å². The molecule has 5 rings (SSSR count). The minimum absolute atomic E-state index is 0.102. The van der Waals surface area contributed by atoms with Gasteiger partial charge in [-0.05, 0) is 77.3 Å². The van der Waals surface area contributed by atoms with Crippen LogP contribution in [0.4, 0.5) is 22.2 Å². The number of aromatic nitrogens is 5.